The highest BCUT2D eigenvalue weighted by molar-refractivity contribution is 7.12. The molecular formula is C15H16N2OS. The average molecular weight is 272 g/mol. The molecule has 1 heterocycles. The normalized spacial score (nSPS) is 10.4. The van der Waals surface area contributed by atoms with Gasteiger partial charge in [-0.1, -0.05) is 26.0 Å². The molecule has 19 heavy (non-hydrogen) atoms. The van der Waals surface area contributed by atoms with Crippen molar-refractivity contribution in [3.8, 4) is 11.8 Å². The predicted molar refractivity (Wildman–Crippen MR) is 76.6 cm³/mol. The van der Waals surface area contributed by atoms with Crippen LogP contribution >= 0.6 is 11.3 Å². The lowest BCUT2D eigenvalue weighted by Gasteiger charge is -2.09. The summed E-state index contributed by atoms with van der Waals surface area (Å²) in [5, 5.41) is 9.67. The van der Waals surface area contributed by atoms with Crippen LogP contribution in [0.3, 0.4) is 0 Å². The van der Waals surface area contributed by atoms with E-state index in [0.29, 0.717) is 17.4 Å². The third kappa shape index (κ3) is 3.80. The van der Waals surface area contributed by atoms with E-state index in [1.54, 1.807) is 6.20 Å². The van der Waals surface area contributed by atoms with Crippen molar-refractivity contribution in [2.75, 3.05) is 6.61 Å². The molecule has 0 saturated heterocycles. The summed E-state index contributed by atoms with van der Waals surface area (Å²) in [6, 6.07) is 10.3. The van der Waals surface area contributed by atoms with Crippen LogP contribution in [0.25, 0.3) is 0 Å². The Hall–Kier alpha value is -1.86. The second kappa shape index (κ2) is 6.35. The van der Waals surface area contributed by atoms with Gasteiger partial charge in [-0.15, -0.1) is 11.3 Å². The Morgan fingerprint density at radius 3 is 2.95 bits per heavy atom. The van der Waals surface area contributed by atoms with Crippen molar-refractivity contribution in [1.82, 2.24) is 4.98 Å². The number of thiazole rings is 1. The van der Waals surface area contributed by atoms with Gasteiger partial charge in [-0.25, -0.2) is 4.98 Å². The Kier molecular flexibility index (Phi) is 4.53. The number of ether oxygens (including phenoxy) is 1. The second-order valence-corrected chi connectivity index (χ2v) is 5.67. The molecule has 0 atom stereocenters. The molecule has 0 aliphatic rings. The first kappa shape index (κ1) is 13.6. The van der Waals surface area contributed by atoms with Gasteiger partial charge in [0, 0.05) is 6.42 Å². The van der Waals surface area contributed by atoms with Gasteiger partial charge in [-0.05, 0) is 23.6 Å². The van der Waals surface area contributed by atoms with E-state index >= 15 is 0 Å². The molecule has 0 bridgehead atoms. The fraction of sp³-hybridized carbons (Fsp3) is 0.333. The molecule has 1 aromatic carbocycles. The van der Waals surface area contributed by atoms with Crippen LogP contribution in [0.2, 0.25) is 0 Å². The van der Waals surface area contributed by atoms with Gasteiger partial charge in [0.1, 0.15) is 16.7 Å². The predicted octanol–water partition coefficient (Wildman–Crippen LogP) is 3.76. The van der Waals surface area contributed by atoms with Crippen LogP contribution in [0, 0.1) is 11.3 Å². The van der Waals surface area contributed by atoms with E-state index < -0.39 is 0 Å². The van der Waals surface area contributed by atoms with Gasteiger partial charge in [0.05, 0.1) is 17.8 Å². The van der Waals surface area contributed by atoms with E-state index in [9.17, 15) is 0 Å². The van der Waals surface area contributed by atoms with Crippen molar-refractivity contribution in [2.24, 2.45) is 0 Å². The van der Waals surface area contributed by atoms with Crippen LogP contribution in [0.4, 0.5) is 0 Å². The van der Waals surface area contributed by atoms with Crippen molar-refractivity contribution in [2.45, 2.75) is 26.2 Å². The minimum absolute atomic E-state index is 0.501. The average Bonchev–Trinajstić information content (AvgIpc) is 2.87. The molecule has 98 valence electrons. The molecule has 0 N–H and O–H groups in total. The number of hydrogen-bond acceptors (Lipinski definition) is 4. The number of hydrogen-bond donors (Lipinski definition) is 0. The molecule has 0 unspecified atom stereocenters. The molecule has 0 radical (unpaired) electrons. The van der Waals surface area contributed by atoms with Crippen molar-refractivity contribution < 1.29 is 4.74 Å². The van der Waals surface area contributed by atoms with Gasteiger partial charge in [-0.3, -0.25) is 0 Å². The van der Waals surface area contributed by atoms with Crippen LogP contribution < -0.4 is 4.74 Å². The molecule has 1 aromatic heterocycles. The third-order valence-corrected chi connectivity index (χ3v) is 3.73. The van der Waals surface area contributed by atoms with E-state index in [2.05, 4.69) is 37.0 Å². The monoisotopic (exact) mass is 272 g/mol. The maximum absolute atomic E-state index is 8.73. The van der Waals surface area contributed by atoms with Gasteiger partial charge in [0.25, 0.3) is 0 Å². The summed E-state index contributed by atoms with van der Waals surface area (Å²) in [6.07, 6.45) is 2.34. The zero-order valence-electron chi connectivity index (χ0n) is 11.1. The highest BCUT2D eigenvalue weighted by Crippen LogP contribution is 2.20. The fourth-order valence-corrected chi connectivity index (χ4v) is 2.39. The molecule has 0 aliphatic carbocycles. The third-order valence-electron chi connectivity index (χ3n) is 2.77. The molecule has 0 spiro atoms. The molecule has 3 nitrogen and oxygen atoms in total. The lowest BCUT2D eigenvalue weighted by atomic mass is 10.0. The summed E-state index contributed by atoms with van der Waals surface area (Å²) in [6.45, 7) is 4.91. The summed E-state index contributed by atoms with van der Waals surface area (Å²) in [7, 11) is 0. The molecule has 0 amide bonds. The molecular weight excluding hydrogens is 256 g/mol. The van der Waals surface area contributed by atoms with Gasteiger partial charge in [0.15, 0.2) is 0 Å². The summed E-state index contributed by atoms with van der Waals surface area (Å²) >= 11 is 1.42. The van der Waals surface area contributed by atoms with E-state index in [-0.39, 0.29) is 0 Å². The summed E-state index contributed by atoms with van der Waals surface area (Å²) in [5.74, 6) is 1.39. The number of nitriles is 1. The molecule has 0 aliphatic heterocycles. The first-order chi connectivity index (χ1) is 9.19. The van der Waals surface area contributed by atoms with Crippen LogP contribution in [0.5, 0.6) is 5.75 Å². The number of rotatable bonds is 5. The SMILES string of the molecule is CC(C)c1cccc(OCCc2ncc(C#N)s2)c1. The van der Waals surface area contributed by atoms with Crippen LogP contribution in [-0.2, 0) is 6.42 Å². The van der Waals surface area contributed by atoms with Crippen molar-refractivity contribution in [1.29, 1.82) is 5.26 Å². The minimum Gasteiger partial charge on any atom is -0.493 e. The Morgan fingerprint density at radius 2 is 2.26 bits per heavy atom. The number of benzene rings is 1. The molecule has 0 saturated carbocycles. The fourth-order valence-electron chi connectivity index (χ4n) is 1.70. The first-order valence-corrected chi connectivity index (χ1v) is 7.08. The molecule has 2 aromatic rings. The zero-order valence-corrected chi connectivity index (χ0v) is 11.9. The van der Waals surface area contributed by atoms with E-state index in [4.69, 9.17) is 10.00 Å². The number of aromatic nitrogens is 1. The summed E-state index contributed by atoms with van der Waals surface area (Å²) < 4.78 is 5.73. The second-order valence-electron chi connectivity index (χ2n) is 4.56. The quantitative estimate of drug-likeness (QED) is 0.832. The first-order valence-electron chi connectivity index (χ1n) is 6.26. The minimum atomic E-state index is 0.501. The maximum Gasteiger partial charge on any atom is 0.124 e. The molecule has 4 heteroatoms. The van der Waals surface area contributed by atoms with Crippen LogP contribution in [0.15, 0.2) is 30.5 Å². The summed E-state index contributed by atoms with van der Waals surface area (Å²) in [4.78, 5) is 4.83. The maximum atomic E-state index is 8.73. The van der Waals surface area contributed by atoms with Gasteiger partial charge >= 0.3 is 0 Å². The molecule has 2 rings (SSSR count). The topological polar surface area (TPSA) is 45.9 Å². The highest BCUT2D eigenvalue weighted by atomic mass is 32.1. The van der Waals surface area contributed by atoms with Crippen molar-refractivity contribution >= 4 is 11.3 Å². The smallest absolute Gasteiger partial charge is 0.124 e. The summed E-state index contributed by atoms with van der Waals surface area (Å²) in [5.41, 5.74) is 1.28. The Morgan fingerprint density at radius 1 is 1.42 bits per heavy atom. The largest absolute Gasteiger partial charge is 0.493 e. The lowest BCUT2D eigenvalue weighted by molar-refractivity contribution is 0.321. The van der Waals surface area contributed by atoms with Crippen LogP contribution in [-0.4, -0.2) is 11.6 Å². The van der Waals surface area contributed by atoms with Crippen molar-refractivity contribution in [3.05, 3.63) is 45.9 Å². The zero-order chi connectivity index (χ0) is 13.7. The van der Waals surface area contributed by atoms with Crippen molar-refractivity contribution in [3.63, 3.8) is 0 Å². The Balaban J connectivity index is 1.89. The van der Waals surface area contributed by atoms with Gasteiger partial charge in [0.2, 0.25) is 0 Å². The van der Waals surface area contributed by atoms with E-state index in [1.807, 2.05) is 12.1 Å². The Labute approximate surface area is 117 Å². The van der Waals surface area contributed by atoms with E-state index in [1.165, 1.54) is 16.9 Å². The lowest BCUT2D eigenvalue weighted by Crippen LogP contribution is -2.01. The van der Waals surface area contributed by atoms with Gasteiger partial charge < -0.3 is 4.74 Å². The van der Waals surface area contributed by atoms with Crippen LogP contribution in [0.1, 0.15) is 35.2 Å². The van der Waals surface area contributed by atoms with E-state index in [0.717, 1.165) is 17.2 Å². The Bertz CT molecular complexity index is 584. The van der Waals surface area contributed by atoms with Gasteiger partial charge in [-0.2, -0.15) is 5.26 Å². The number of nitrogens with zero attached hydrogens (tertiary/aromatic N) is 2. The highest BCUT2D eigenvalue weighted by Gasteiger charge is 2.03. The standard InChI is InChI=1S/C15H16N2OS/c1-11(2)12-4-3-5-13(8-12)18-7-6-15-17-10-14(9-16)19-15/h3-5,8,10-11H,6-7H2,1-2H3. The molecule has 0 fully saturated rings.